The first-order valence-electron chi connectivity index (χ1n) is 8.24. The maximum Gasteiger partial charge on any atom is 0.0833 e. The van der Waals surface area contributed by atoms with Crippen LogP contribution in [0, 0.1) is 6.92 Å². The van der Waals surface area contributed by atoms with E-state index >= 15 is 0 Å². The van der Waals surface area contributed by atoms with Crippen molar-refractivity contribution >= 4 is 0 Å². The van der Waals surface area contributed by atoms with Crippen LogP contribution in [0.25, 0.3) is 0 Å². The zero-order chi connectivity index (χ0) is 15.0. The number of fused-ring (bicyclic) bond motifs is 2. The molecule has 2 nitrogen and oxygen atoms in total. The molecule has 2 aliphatic rings. The number of rotatable bonds is 1. The van der Waals surface area contributed by atoms with E-state index < -0.39 is 0 Å². The predicted molar refractivity (Wildman–Crippen MR) is 88.9 cm³/mol. The van der Waals surface area contributed by atoms with Gasteiger partial charge in [0.15, 0.2) is 0 Å². The van der Waals surface area contributed by atoms with E-state index in [4.69, 9.17) is 4.74 Å². The highest BCUT2D eigenvalue weighted by Gasteiger charge is 2.41. The van der Waals surface area contributed by atoms with Crippen LogP contribution in [-0.2, 0) is 16.7 Å². The lowest BCUT2D eigenvalue weighted by atomic mass is 9.68. The number of nitrogens with one attached hydrogen (secondary N) is 1. The van der Waals surface area contributed by atoms with E-state index in [0.717, 1.165) is 32.5 Å². The predicted octanol–water partition coefficient (Wildman–Crippen LogP) is 3.89. The van der Waals surface area contributed by atoms with Crippen molar-refractivity contribution in [1.82, 2.24) is 5.32 Å². The summed E-state index contributed by atoms with van der Waals surface area (Å²) in [5.74, 6) is 0. The molecular weight excluding hydrogens is 270 g/mol. The van der Waals surface area contributed by atoms with Crippen LogP contribution in [0.2, 0.25) is 0 Å². The van der Waals surface area contributed by atoms with Crippen molar-refractivity contribution in [1.29, 1.82) is 0 Å². The lowest BCUT2D eigenvalue weighted by molar-refractivity contribution is -0.0247. The van der Waals surface area contributed by atoms with Gasteiger partial charge in [0.2, 0.25) is 0 Å². The zero-order valence-electron chi connectivity index (χ0n) is 13.1. The number of benzene rings is 2. The van der Waals surface area contributed by atoms with Crippen molar-refractivity contribution in [2.24, 2.45) is 0 Å². The molecular formula is C20H23NO. The molecule has 1 spiro atoms. The summed E-state index contributed by atoms with van der Waals surface area (Å²) >= 11 is 0. The fraction of sp³-hybridized carbons (Fsp3) is 0.400. The second kappa shape index (κ2) is 5.53. The molecule has 2 aromatic carbocycles. The Balaban J connectivity index is 1.68. The van der Waals surface area contributed by atoms with Gasteiger partial charge in [-0.25, -0.2) is 0 Å². The molecule has 2 unspecified atom stereocenters. The number of hydrogen-bond acceptors (Lipinski definition) is 2. The van der Waals surface area contributed by atoms with Gasteiger partial charge in [-0.15, -0.1) is 0 Å². The summed E-state index contributed by atoms with van der Waals surface area (Å²) in [5.41, 5.74) is 5.84. The van der Waals surface area contributed by atoms with E-state index in [1.165, 1.54) is 22.3 Å². The molecule has 0 amide bonds. The quantitative estimate of drug-likeness (QED) is 0.861. The molecule has 2 atom stereocenters. The fourth-order valence-corrected chi connectivity index (χ4v) is 4.04. The minimum atomic E-state index is 0.210. The zero-order valence-corrected chi connectivity index (χ0v) is 13.1. The summed E-state index contributed by atoms with van der Waals surface area (Å²) in [6.45, 7) is 5.03. The molecule has 1 saturated heterocycles. The van der Waals surface area contributed by atoms with Crippen LogP contribution < -0.4 is 5.32 Å². The Hall–Kier alpha value is -1.64. The van der Waals surface area contributed by atoms with Crippen molar-refractivity contribution in [2.75, 3.05) is 13.2 Å². The van der Waals surface area contributed by atoms with Crippen LogP contribution >= 0.6 is 0 Å². The van der Waals surface area contributed by atoms with E-state index in [2.05, 4.69) is 60.8 Å². The fourth-order valence-electron chi connectivity index (χ4n) is 4.04. The second-order valence-corrected chi connectivity index (χ2v) is 6.77. The highest BCUT2D eigenvalue weighted by molar-refractivity contribution is 5.38. The molecule has 0 aromatic heterocycles. The molecule has 2 aromatic rings. The van der Waals surface area contributed by atoms with Crippen LogP contribution in [0.5, 0.6) is 0 Å². The van der Waals surface area contributed by atoms with Crippen LogP contribution in [0.3, 0.4) is 0 Å². The van der Waals surface area contributed by atoms with Gasteiger partial charge in [-0.3, -0.25) is 0 Å². The van der Waals surface area contributed by atoms with Gasteiger partial charge in [0, 0.05) is 25.1 Å². The highest BCUT2D eigenvalue weighted by atomic mass is 16.5. The summed E-state index contributed by atoms with van der Waals surface area (Å²) in [6.07, 6.45) is 2.39. The minimum absolute atomic E-state index is 0.210. The van der Waals surface area contributed by atoms with Crippen molar-refractivity contribution in [3.63, 3.8) is 0 Å². The van der Waals surface area contributed by atoms with Gasteiger partial charge in [-0.05, 0) is 36.5 Å². The average molecular weight is 293 g/mol. The van der Waals surface area contributed by atoms with Crippen molar-refractivity contribution in [3.8, 4) is 0 Å². The number of ether oxygens (including phenoxy) is 1. The molecule has 0 aliphatic carbocycles. The Kier molecular flexibility index (Phi) is 3.51. The van der Waals surface area contributed by atoms with Crippen LogP contribution in [0.1, 0.15) is 41.2 Å². The Morgan fingerprint density at radius 3 is 2.77 bits per heavy atom. The lowest BCUT2D eigenvalue weighted by Gasteiger charge is -2.45. The molecule has 1 fully saturated rings. The molecule has 2 aliphatic heterocycles. The highest BCUT2D eigenvalue weighted by Crippen LogP contribution is 2.44. The third-order valence-electron chi connectivity index (χ3n) is 5.29. The Bertz CT molecular complexity index is 664. The van der Waals surface area contributed by atoms with Gasteiger partial charge in [0.05, 0.1) is 6.10 Å². The lowest BCUT2D eigenvalue weighted by Crippen LogP contribution is -2.47. The van der Waals surface area contributed by atoms with Crippen molar-refractivity contribution in [2.45, 2.75) is 37.8 Å². The van der Waals surface area contributed by atoms with Gasteiger partial charge < -0.3 is 10.1 Å². The van der Waals surface area contributed by atoms with Gasteiger partial charge >= 0.3 is 0 Å². The minimum Gasteiger partial charge on any atom is -0.373 e. The van der Waals surface area contributed by atoms with E-state index in [9.17, 15) is 0 Å². The summed E-state index contributed by atoms with van der Waals surface area (Å²) in [7, 11) is 0. The molecule has 0 bridgehead atoms. The molecule has 0 saturated carbocycles. The molecule has 2 heteroatoms. The second-order valence-electron chi connectivity index (χ2n) is 6.77. The van der Waals surface area contributed by atoms with Crippen LogP contribution in [-0.4, -0.2) is 13.2 Å². The van der Waals surface area contributed by atoms with Gasteiger partial charge in [0.1, 0.15) is 0 Å². The third-order valence-corrected chi connectivity index (χ3v) is 5.29. The van der Waals surface area contributed by atoms with Gasteiger partial charge in [0.25, 0.3) is 0 Å². The number of hydrogen-bond donors (Lipinski definition) is 1. The maximum atomic E-state index is 6.12. The first-order chi connectivity index (χ1) is 10.8. The average Bonchev–Trinajstić information content (AvgIpc) is 2.56. The summed E-state index contributed by atoms with van der Waals surface area (Å²) < 4.78 is 6.12. The summed E-state index contributed by atoms with van der Waals surface area (Å²) in [4.78, 5) is 0. The smallest absolute Gasteiger partial charge is 0.0833 e. The van der Waals surface area contributed by atoms with Crippen LogP contribution in [0.15, 0.2) is 48.5 Å². The van der Waals surface area contributed by atoms with Crippen molar-refractivity contribution in [3.05, 3.63) is 70.8 Å². The standard InChI is InChI=1S/C20H23NO/c1-15-6-8-16(9-7-15)19-12-20(10-11-22-19)14-21-13-17-4-2-3-5-18(17)20/h2-9,19,21H,10-14H2,1H3. The molecule has 1 N–H and O–H groups in total. The van der Waals surface area contributed by atoms with E-state index in [-0.39, 0.29) is 11.5 Å². The summed E-state index contributed by atoms with van der Waals surface area (Å²) in [5, 5.41) is 3.63. The van der Waals surface area contributed by atoms with Gasteiger partial charge in [-0.1, -0.05) is 54.1 Å². The Morgan fingerprint density at radius 1 is 1.09 bits per heavy atom. The summed E-state index contributed by atoms with van der Waals surface area (Å²) in [6, 6.07) is 17.7. The van der Waals surface area contributed by atoms with Crippen molar-refractivity contribution < 1.29 is 4.74 Å². The maximum absolute atomic E-state index is 6.12. The van der Waals surface area contributed by atoms with Crippen LogP contribution in [0.4, 0.5) is 0 Å². The van der Waals surface area contributed by atoms with E-state index in [1.807, 2.05) is 0 Å². The van der Waals surface area contributed by atoms with E-state index in [1.54, 1.807) is 0 Å². The van der Waals surface area contributed by atoms with E-state index in [0.29, 0.717) is 0 Å². The normalized spacial score (nSPS) is 27.6. The first-order valence-corrected chi connectivity index (χ1v) is 8.24. The number of aryl methyl sites for hydroxylation is 1. The topological polar surface area (TPSA) is 21.3 Å². The molecule has 4 rings (SSSR count). The third kappa shape index (κ3) is 2.37. The molecule has 22 heavy (non-hydrogen) atoms. The van der Waals surface area contributed by atoms with Gasteiger partial charge in [-0.2, -0.15) is 0 Å². The molecule has 2 heterocycles. The Labute approximate surface area is 132 Å². The largest absolute Gasteiger partial charge is 0.373 e. The first kappa shape index (κ1) is 14.0. The SMILES string of the molecule is Cc1ccc(C2CC3(CCO2)CNCc2ccccc23)cc1. The Morgan fingerprint density at radius 2 is 1.91 bits per heavy atom. The molecule has 114 valence electrons. The monoisotopic (exact) mass is 293 g/mol. The molecule has 0 radical (unpaired) electrons.